The van der Waals surface area contributed by atoms with E-state index in [1.165, 1.54) is 18.2 Å². The summed E-state index contributed by atoms with van der Waals surface area (Å²) in [5, 5.41) is 4.36. The van der Waals surface area contributed by atoms with Crippen LogP contribution in [0.1, 0.15) is 0 Å². The largest absolute Gasteiger partial charge is 0.491 e. The molecule has 0 atom stereocenters. The van der Waals surface area contributed by atoms with E-state index in [1.807, 2.05) is 0 Å². The number of azide groups is 1. The van der Waals surface area contributed by atoms with Crippen molar-refractivity contribution in [2.45, 2.75) is 0 Å². The van der Waals surface area contributed by atoms with Crippen LogP contribution in [0.4, 0.5) is 0 Å². The number of ether oxygens (including phenoxy) is 3. The number of hydrogen-bond donors (Lipinski definition) is 0. The van der Waals surface area contributed by atoms with E-state index in [0.717, 1.165) is 0 Å². The Bertz CT molecular complexity index is 1130. The predicted molar refractivity (Wildman–Crippen MR) is 119 cm³/mol. The zero-order valence-electron chi connectivity index (χ0n) is 16.4. The minimum atomic E-state index is -0.222. The second-order valence-electron chi connectivity index (χ2n) is 6.29. The predicted octanol–water partition coefficient (Wildman–Crippen LogP) is 5.49. The van der Waals surface area contributed by atoms with Gasteiger partial charge in [-0.3, -0.25) is 4.79 Å². The van der Waals surface area contributed by atoms with E-state index in [1.54, 1.807) is 24.3 Å². The fourth-order valence-electron chi connectivity index (χ4n) is 2.73. The minimum absolute atomic E-state index is 0.222. The minimum Gasteiger partial charge on any atom is -0.491 e. The van der Waals surface area contributed by atoms with E-state index in [9.17, 15) is 4.79 Å². The maximum atomic E-state index is 12.4. The Balaban J connectivity index is 1.50. The molecule has 0 aliphatic carbocycles. The molecule has 162 valence electrons. The average Bonchev–Trinajstić information content (AvgIpc) is 2.76. The maximum Gasteiger partial charge on any atom is 0.193 e. The Morgan fingerprint density at radius 2 is 1.68 bits per heavy atom. The highest BCUT2D eigenvalue weighted by Gasteiger charge is 2.11. The molecule has 0 unspecified atom stereocenters. The van der Waals surface area contributed by atoms with Crippen molar-refractivity contribution in [2.24, 2.45) is 5.11 Å². The molecule has 2 aromatic carbocycles. The fourth-order valence-corrected chi connectivity index (χ4v) is 3.26. The first kappa shape index (κ1) is 22.9. The lowest BCUT2D eigenvalue weighted by Crippen LogP contribution is -2.11. The first-order valence-electron chi connectivity index (χ1n) is 9.41. The molecule has 1 heterocycles. The molecule has 1 aromatic heterocycles. The van der Waals surface area contributed by atoms with E-state index in [-0.39, 0.29) is 10.5 Å². The van der Waals surface area contributed by atoms with Gasteiger partial charge >= 0.3 is 0 Å². The smallest absolute Gasteiger partial charge is 0.193 e. The van der Waals surface area contributed by atoms with Crippen LogP contribution in [0.15, 0.2) is 56.8 Å². The highest BCUT2D eigenvalue weighted by atomic mass is 35.5. The molecule has 0 aliphatic heterocycles. The highest BCUT2D eigenvalue weighted by molar-refractivity contribution is 6.38. The van der Waals surface area contributed by atoms with Crippen molar-refractivity contribution in [3.63, 3.8) is 0 Å². The molecule has 0 amide bonds. The molecule has 3 aromatic rings. The summed E-state index contributed by atoms with van der Waals surface area (Å²) in [5.41, 5.74) is 8.93. The Morgan fingerprint density at radius 3 is 2.42 bits per heavy atom. The summed E-state index contributed by atoms with van der Waals surface area (Å²) in [6.07, 6.45) is 0. The topological polar surface area (TPSA) is 107 Å². The molecule has 8 nitrogen and oxygen atoms in total. The van der Waals surface area contributed by atoms with Crippen LogP contribution in [0, 0.1) is 0 Å². The van der Waals surface area contributed by atoms with E-state index >= 15 is 0 Å². The quantitative estimate of drug-likeness (QED) is 0.161. The van der Waals surface area contributed by atoms with E-state index in [0.29, 0.717) is 72.6 Å². The summed E-state index contributed by atoms with van der Waals surface area (Å²) < 4.78 is 22.1. The zero-order chi connectivity index (χ0) is 22.1. The second-order valence-corrected chi connectivity index (χ2v) is 7.13. The highest BCUT2D eigenvalue weighted by Crippen LogP contribution is 2.30. The molecule has 0 spiro atoms. The third-order valence-electron chi connectivity index (χ3n) is 4.15. The van der Waals surface area contributed by atoms with E-state index in [4.69, 9.17) is 47.4 Å². The molecule has 0 aliphatic rings. The average molecular weight is 464 g/mol. The van der Waals surface area contributed by atoms with Crippen LogP contribution in [0.3, 0.4) is 0 Å². The van der Waals surface area contributed by atoms with Crippen LogP contribution < -0.4 is 10.2 Å². The molecule has 0 saturated carbocycles. The number of nitrogens with zero attached hydrogens (tertiary/aromatic N) is 3. The number of hydrogen-bond acceptors (Lipinski definition) is 6. The summed E-state index contributed by atoms with van der Waals surface area (Å²) in [5.74, 6) is 1.06. The van der Waals surface area contributed by atoms with Gasteiger partial charge < -0.3 is 18.6 Å². The fraction of sp³-hybridized carbons (Fsp3) is 0.286. The SMILES string of the molecule is [N-]=[N+]=NCCOCCOCCOc1ccc(-c2cc(=O)c3cc(Cl)cc(Cl)c3o2)cc1. The Labute approximate surface area is 187 Å². The van der Waals surface area contributed by atoms with Crippen LogP contribution in [-0.4, -0.2) is 39.6 Å². The van der Waals surface area contributed by atoms with Crippen LogP contribution in [0.5, 0.6) is 5.75 Å². The zero-order valence-corrected chi connectivity index (χ0v) is 17.9. The van der Waals surface area contributed by atoms with Gasteiger partial charge in [0.05, 0.1) is 36.8 Å². The van der Waals surface area contributed by atoms with Crippen molar-refractivity contribution >= 4 is 34.2 Å². The van der Waals surface area contributed by atoms with Crippen LogP contribution in [-0.2, 0) is 9.47 Å². The summed E-state index contributed by atoms with van der Waals surface area (Å²) in [6.45, 7) is 2.30. The molecule has 0 fully saturated rings. The molecule has 0 bridgehead atoms. The second kappa shape index (κ2) is 11.6. The van der Waals surface area contributed by atoms with Crippen molar-refractivity contribution in [2.75, 3.05) is 39.6 Å². The standard InChI is InChI=1S/C21H19Cl2N3O5/c22-15-11-17-19(27)13-20(31-21(17)18(23)12-15)14-1-3-16(4-2-14)30-10-9-29-8-7-28-6-5-25-26-24/h1-4,11-13H,5-10H2. The third-order valence-corrected chi connectivity index (χ3v) is 4.65. The molecule has 10 heteroatoms. The first-order chi connectivity index (χ1) is 15.1. The first-order valence-corrected chi connectivity index (χ1v) is 10.2. The number of rotatable bonds is 11. The summed E-state index contributed by atoms with van der Waals surface area (Å²) in [4.78, 5) is 15.1. The van der Waals surface area contributed by atoms with Crippen LogP contribution in [0.2, 0.25) is 10.0 Å². The van der Waals surface area contributed by atoms with Crippen molar-refractivity contribution in [3.8, 4) is 17.1 Å². The lowest BCUT2D eigenvalue weighted by atomic mass is 10.1. The number of benzene rings is 2. The molecule has 0 saturated heterocycles. The molecule has 0 N–H and O–H groups in total. The van der Waals surface area contributed by atoms with Crippen molar-refractivity contribution in [1.29, 1.82) is 0 Å². The van der Waals surface area contributed by atoms with Gasteiger partial charge in [0.15, 0.2) is 11.0 Å². The van der Waals surface area contributed by atoms with Crippen LogP contribution >= 0.6 is 23.2 Å². The van der Waals surface area contributed by atoms with Crippen molar-refractivity contribution < 1.29 is 18.6 Å². The van der Waals surface area contributed by atoms with Gasteiger partial charge in [0.25, 0.3) is 0 Å². The summed E-state index contributed by atoms with van der Waals surface area (Å²) in [6, 6.07) is 11.6. The normalized spacial score (nSPS) is 10.8. The molecular weight excluding hydrogens is 445 g/mol. The lowest BCUT2D eigenvalue weighted by Gasteiger charge is -2.09. The Hall–Kier alpha value is -2.74. The van der Waals surface area contributed by atoms with E-state index < -0.39 is 0 Å². The van der Waals surface area contributed by atoms with Crippen molar-refractivity contribution in [3.05, 3.63) is 73.2 Å². The number of halogens is 2. The lowest BCUT2D eigenvalue weighted by molar-refractivity contribution is 0.0388. The van der Waals surface area contributed by atoms with Gasteiger partial charge in [0.1, 0.15) is 18.1 Å². The monoisotopic (exact) mass is 463 g/mol. The van der Waals surface area contributed by atoms with Gasteiger partial charge in [-0.25, -0.2) is 0 Å². The molecule has 3 rings (SSSR count). The van der Waals surface area contributed by atoms with Gasteiger partial charge in [-0.1, -0.05) is 28.3 Å². The molecular formula is C21H19Cl2N3O5. The van der Waals surface area contributed by atoms with Gasteiger partial charge in [0, 0.05) is 28.1 Å². The number of fused-ring (bicyclic) bond motifs is 1. The van der Waals surface area contributed by atoms with Gasteiger partial charge in [0.2, 0.25) is 0 Å². The molecule has 31 heavy (non-hydrogen) atoms. The van der Waals surface area contributed by atoms with Gasteiger partial charge in [-0.15, -0.1) is 0 Å². The van der Waals surface area contributed by atoms with Crippen molar-refractivity contribution in [1.82, 2.24) is 0 Å². The summed E-state index contributed by atoms with van der Waals surface area (Å²) >= 11 is 12.1. The van der Waals surface area contributed by atoms with Gasteiger partial charge in [-0.2, -0.15) is 0 Å². The van der Waals surface area contributed by atoms with E-state index in [2.05, 4.69) is 10.0 Å². The van der Waals surface area contributed by atoms with Crippen LogP contribution in [0.25, 0.3) is 32.7 Å². The summed E-state index contributed by atoms with van der Waals surface area (Å²) in [7, 11) is 0. The Kier molecular flexibility index (Phi) is 8.58. The van der Waals surface area contributed by atoms with Gasteiger partial charge in [-0.05, 0) is 41.9 Å². The maximum absolute atomic E-state index is 12.4. The third kappa shape index (κ3) is 6.62. The Morgan fingerprint density at radius 1 is 0.968 bits per heavy atom. The molecule has 0 radical (unpaired) electrons.